The van der Waals surface area contributed by atoms with E-state index in [4.69, 9.17) is 0 Å². The van der Waals surface area contributed by atoms with Crippen LogP contribution in [0, 0.1) is 6.92 Å². The summed E-state index contributed by atoms with van der Waals surface area (Å²) in [6.07, 6.45) is 4.45. The maximum absolute atomic E-state index is 12.3. The second kappa shape index (κ2) is 5.62. The van der Waals surface area contributed by atoms with Gasteiger partial charge in [-0.2, -0.15) is 0 Å². The summed E-state index contributed by atoms with van der Waals surface area (Å²) in [5.41, 5.74) is 4.53. The molecule has 0 saturated heterocycles. The molecule has 1 aliphatic rings. The van der Waals surface area contributed by atoms with Gasteiger partial charge >= 0.3 is 0 Å². The SMILES string of the molecule is Cc1ccccc1CC(=O)c1ccc(C2CCC2)cc1. The van der Waals surface area contributed by atoms with Crippen LogP contribution in [0.5, 0.6) is 0 Å². The van der Waals surface area contributed by atoms with E-state index in [1.165, 1.54) is 30.4 Å². The highest BCUT2D eigenvalue weighted by molar-refractivity contribution is 5.97. The average molecular weight is 264 g/mol. The van der Waals surface area contributed by atoms with Gasteiger partial charge in [-0.1, -0.05) is 55.0 Å². The molecule has 0 amide bonds. The van der Waals surface area contributed by atoms with Crippen molar-refractivity contribution in [2.75, 3.05) is 0 Å². The summed E-state index contributed by atoms with van der Waals surface area (Å²) in [6.45, 7) is 2.06. The average Bonchev–Trinajstić information content (AvgIpc) is 2.40. The Morgan fingerprint density at radius 1 is 1.05 bits per heavy atom. The van der Waals surface area contributed by atoms with Gasteiger partial charge in [0.05, 0.1) is 0 Å². The van der Waals surface area contributed by atoms with Crippen LogP contribution in [0.2, 0.25) is 0 Å². The number of hydrogen-bond donors (Lipinski definition) is 0. The van der Waals surface area contributed by atoms with Gasteiger partial charge in [-0.25, -0.2) is 0 Å². The van der Waals surface area contributed by atoms with Gasteiger partial charge in [0.1, 0.15) is 0 Å². The number of benzene rings is 2. The van der Waals surface area contributed by atoms with Gasteiger partial charge in [0, 0.05) is 12.0 Å². The Morgan fingerprint density at radius 3 is 2.35 bits per heavy atom. The predicted molar refractivity (Wildman–Crippen MR) is 82.2 cm³/mol. The molecule has 1 heteroatoms. The highest BCUT2D eigenvalue weighted by atomic mass is 16.1. The van der Waals surface area contributed by atoms with Gasteiger partial charge in [-0.3, -0.25) is 4.79 Å². The monoisotopic (exact) mass is 264 g/mol. The number of aryl methyl sites for hydroxylation is 1. The minimum atomic E-state index is 0.208. The molecule has 20 heavy (non-hydrogen) atoms. The Hall–Kier alpha value is -1.89. The maximum atomic E-state index is 12.3. The van der Waals surface area contributed by atoms with Crippen molar-refractivity contribution in [2.24, 2.45) is 0 Å². The highest BCUT2D eigenvalue weighted by Gasteiger charge is 2.19. The van der Waals surface area contributed by atoms with E-state index in [1.54, 1.807) is 0 Å². The predicted octanol–water partition coefficient (Wildman–Crippen LogP) is 4.69. The van der Waals surface area contributed by atoms with Crippen LogP contribution < -0.4 is 0 Å². The molecule has 0 aliphatic heterocycles. The summed E-state index contributed by atoms with van der Waals surface area (Å²) in [5.74, 6) is 0.940. The molecule has 0 aromatic heterocycles. The molecule has 3 rings (SSSR count). The van der Waals surface area contributed by atoms with Crippen LogP contribution in [0.4, 0.5) is 0 Å². The van der Waals surface area contributed by atoms with E-state index in [2.05, 4.69) is 25.1 Å². The first-order valence-corrected chi connectivity index (χ1v) is 7.42. The topological polar surface area (TPSA) is 17.1 Å². The largest absolute Gasteiger partial charge is 0.294 e. The molecule has 0 spiro atoms. The van der Waals surface area contributed by atoms with Crippen molar-refractivity contribution in [3.63, 3.8) is 0 Å². The molecule has 1 saturated carbocycles. The smallest absolute Gasteiger partial charge is 0.167 e. The number of ketones is 1. The van der Waals surface area contributed by atoms with Gasteiger partial charge in [0.2, 0.25) is 0 Å². The second-order valence-electron chi connectivity index (χ2n) is 5.78. The van der Waals surface area contributed by atoms with E-state index in [1.807, 2.05) is 30.3 Å². The third-order valence-corrected chi connectivity index (χ3v) is 4.42. The molecule has 0 bridgehead atoms. The van der Waals surface area contributed by atoms with E-state index in [0.29, 0.717) is 6.42 Å². The minimum Gasteiger partial charge on any atom is -0.294 e. The highest BCUT2D eigenvalue weighted by Crippen LogP contribution is 2.36. The molecule has 0 radical (unpaired) electrons. The van der Waals surface area contributed by atoms with E-state index >= 15 is 0 Å². The van der Waals surface area contributed by atoms with Crippen molar-refractivity contribution in [3.05, 3.63) is 70.8 Å². The molecule has 0 heterocycles. The third kappa shape index (κ3) is 2.67. The van der Waals surface area contributed by atoms with Crippen molar-refractivity contribution in [3.8, 4) is 0 Å². The number of carbonyl (C=O) groups excluding carboxylic acids is 1. The molecule has 1 nitrogen and oxygen atoms in total. The van der Waals surface area contributed by atoms with Crippen LogP contribution in [0.3, 0.4) is 0 Å². The van der Waals surface area contributed by atoms with E-state index in [0.717, 1.165) is 17.0 Å². The molecular weight excluding hydrogens is 244 g/mol. The molecule has 1 aliphatic carbocycles. The van der Waals surface area contributed by atoms with E-state index < -0.39 is 0 Å². The number of carbonyl (C=O) groups is 1. The summed E-state index contributed by atoms with van der Waals surface area (Å²) in [5, 5.41) is 0. The van der Waals surface area contributed by atoms with Crippen LogP contribution in [-0.2, 0) is 6.42 Å². The van der Waals surface area contributed by atoms with Crippen molar-refractivity contribution in [1.29, 1.82) is 0 Å². The quantitative estimate of drug-likeness (QED) is 0.732. The number of rotatable bonds is 4. The number of Topliss-reactive ketones (excluding diaryl/α,β-unsaturated/α-hetero) is 1. The summed E-state index contributed by atoms with van der Waals surface area (Å²) in [7, 11) is 0. The summed E-state index contributed by atoms with van der Waals surface area (Å²) in [6, 6.07) is 16.4. The van der Waals surface area contributed by atoms with Gasteiger partial charge in [0.15, 0.2) is 5.78 Å². The molecule has 2 aromatic rings. The summed E-state index contributed by atoms with van der Waals surface area (Å²) >= 11 is 0. The van der Waals surface area contributed by atoms with Crippen LogP contribution >= 0.6 is 0 Å². The van der Waals surface area contributed by atoms with Crippen molar-refractivity contribution >= 4 is 5.78 Å². The lowest BCUT2D eigenvalue weighted by atomic mass is 9.80. The van der Waals surface area contributed by atoms with Crippen LogP contribution in [0.1, 0.15) is 52.2 Å². The Labute approximate surface area is 120 Å². The molecule has 0 atom stereocenters. The van der Waals surface area contributed by atoms with Crippen LogP contribution in [-0.4, -0.2) is 5.78 Å². The lowest BCUT2D eigenvalue weighted by Gasteiger charge is -2.25. The van der Waals surface area contributed by atoms with Crippen LogP contribution in [0.15, 0.2) is 48.5 Å². The third-order valence-electron chi connectivity index (χ3n) is 4.42. The zero-order valence-electron chi connectivity index (χ0n) is 11.9. The van der Waals surface area contributed by atoms with Gasteiger partial charge in [0.25, 0.3) is 0 Å². The Bertz CT molecular complexity index is 606. The van der Waals surface area contributed by atoms with Gasteiger partial charge in [-0.05, 0) is 42.4 Å². The standard InChI is InChI=1S/C19H20O/c1-14-5-2-3-6-18(14)13-19(20)17-11-9-16(10-12-17)15-7-4-8-15/h2-3,5-6,9-12,15H,4,7-8,13H2,1H3. The lowest BCUT2D eigenvalue weighted by molar-refractivity contribution is 0.0992. The Balaban J connectivity index is 1.72. The van der Waals surface area contributed by atoms with Gasteiger partial charge in [-0.15, -0.1) is 0 Å². The first kappa shape index (κ1) is 13.1. The minimum absolute atomic E-state index is 0.208. The van der Waals surface area contributed by atoms with E-state index in [-0.39, 0.29) is 5.78 Å². The van der Waals surface area contributed by atoms with Crippen LogP contribution in [0.25, 0.3) is 0 Å². The zero-order chi connectivity index (χ0) is 13.9. The fourth-order valence-electron chi connectivity index (χ4n) is 2.77. The normalized spacial score (nSPS) is 14.8. The molecule has 0 N–H and O–H groups in total. The first-order valence-electron chi connectivity index (χ1n) is 7.42. The van der Waals surface area contributed by atoms with E-state index in [9.17, 15) is 4.79 Å². The van der Waals surface area contributed by atoms with Gasteiger partial charge < -0.3 is 0 Å². The molecule has 102 valence electrons. The molecular formula is C19H20O. The number of hydrogen-bond acceptors (Lipinski definition) is 1. The summed E-state index contributed by atoms with van der Waals surface area (Å²) in [4.78, 5) is 12.3. The fraction of sp³-hybridized carbons (Fsp3) is 0.316. The maximum Gasteiger partial charge on any atom is 0.167 e. The molecule has 2 aromatic carbocycles. The Morgan fingerprint density at radius 2 is 1.75 bits per heavy atom. The lowest BCUT2D eigenvalue weighted by Crippen LogP contribution is -2.09. The molecule has 1 fully saturated rings. The fourth-order valence-corrected chi connectivity index (χ4v) is 2.77. The summed E-state index contributed by atoms with van der Waals surface area (Å²) < 4.78 is 0. The van der Waals surface area contributed by atoms with Crippen molar-refractivity contribution in [1.82, 2.24) is 0 Å². The Kier molecular flexibility index (Phi) is 3.68. The first-order chi connectivity index (χ1) is 9.74. The van der Waals surface area contributed by atoms with Crippen molar-refractivity contribution < 1.29 is 4.79 Å². The van der Waals surface area contributed by atoms with Crippen molar-refractivity contribution in [2.45, 2.75) is 38.5 Å². The molecule has 0 unspecified atom stereocenters. The zero-order valence-corrected chi connectivity index (χ0v) is 11.9. The second-order valence-corrected chi connectivity index (χ2v) is 5.78.